The SMILES string of the molecule is CCCCB(CCCC)Nc1nonc1NB(CCCC)CCCC. The molecule has 7 heteroatoms. The van der Waals surface area contributed by atoms with E-state index >= 15 is 0 Å². The van der Waals surface area contributed by atoms with E-state index in [-0.39, 0.29) is 0 Å². The molecule has 0 saturated carbocycles. The fourth-order valence-corrected chi connectivity index (χ4v) is 3.14. The highest BCUT2D eigenvalue weighted by Gasteiger charge is 2.21. The summed E-state index contributed by atoms with van der Waals surface area (Å²) in [6, 6.07) is 0. The average Bonchev–Trinajstić information content (AvgIpc) is 3.06. The van der Waals surface area contributed by atoms with Crippen molar-refractivity contribution in [1.29, 1.82) is 0 Å². The first kappa shape index (κ1) is 21.9. The Balaban J connectivity index is 2.66. The third kappa shape index (κ3) is 9.22. The van der Waals surface area contributed by atoms with Gasteiger partial charge in [0, 0.05) is 0 Å². The van der Waals surface area contributed by atoms with Gasteiger partial charge in [0.25, 0.3) is 13.7 Å². The van der Waals surface area contributed by atoms with Crippen molar-refractivity contribution >= 4 is 25.3 Å². The number of unbranched alkanes of at least 4 members (excludes halogenated alkanes) is 4. The normalized spacial score (nSPS) is 10.7. The maximum absolute atomic E-state index is 5.04. The van der Waals surface area contributed by atoms with Crippen LogP contribution in [0.15, 0.2) is 4.63 Å². The third-order valence-electron chi connectivity index (χ3n) is 4.79. The summed E-state index contributed by atoms with van der Waals surface area (Å²) >= 11 is 0. The molecule has 1 aromatic rings. The highest BCUT2D eigenvalue weighted by molar-refractivity contribution is 6.64. The molecule has 1 aromatic heterocycles. The quantitative estimate of drug-likeness (QED) is 0.355. The molecule has 0 bridgehead atoms. The van der Waals surface area contributed by atoms with Crippen LogP contribution in [0.3, 0.4) is 0 Å². The van der Waals surface area contributed by atoms with E-state index in [2.05, 4.69) is 48.5 Å². The summed E-state index contributed by atoms with van der Waals surface area (Å²) in [5.74, 6) is 1.57. The Morgan fingerprint density at radius 1 is 0.640 bits per heavy atom. The number of anilines is 2. The van der Waals surface area contributed by atoms with Crippen LogP contribution in [0.1, 0.15) is 79.1 Å². The largest absolute Gasteiger partial charge is 0.407 e. The van der Waals surface area contributed by atoms with Crippen LogP contribution < -0.4 is 10.5 Å². The Kier molecular flexibility index (Phi) is 12.3. The molecule has 25 heavy (non-hydrogen) atoms. The molecule has 5 nitrogen and oxygen atoms in total. The van der Waals surface area contributed by atoms with E-state index in [1.54, 1.807) is 0 Å². The second kappa shape index (κ2) is 14.1. The molecule has 1 rings (SSSR count). The van der Waals surface area contributed by atoms with Gasteiger partial charge in [0.05, 0.1) is 0 Å². The maximum atomic E-state index is 5.04. The molecule has 142 valence electrons. The Bertz CT molecular complexity index is 378. The Morgan fingerprint density at radius 2 is 0.960 bits per heavy atom. The van der Waals surface area contributed by atoms with Crippen molar-refractivity contribution in [1.82, 2.24) is 10.3 Å². The molecule has 1 heterocycles. The number of aromatic nitrogens is 2. The average molecular weight is 348 g/mol. The van der Waals surface area contributed by atoms with E-state index in [9.17, 15) is 0 Å². The van der Waals surface area contributed by atoms with Crippen molar-refractivity contribution in [3.63, 3.8) is 0 Å². The van der Waals surface area contributed by atoms with Crippen molar-refractivity contribution in [2.45, 2.75) is 104 Å². The standard InChI is InChI=1S/C18H38B2N4O/c1-5-9-13-19(14-10-6-2)21-17-18(24-25-23-17)22-20(15-11-7-3)16-12-8-4/h5-16H2,1-4H3,(H,21,23)(H,22,24). The van der Waals surface area contributed by atoms with Gasteiger partial charge in [0.1, 0.15) is 0 Å². The highest BCUT2D eigenvalue weighted by Crippen LogP contribution is 2.22. The lowest BCUT2D eigenvalue weighted by Crippen LogP contribution is -2.28. The molecule has 0 unspecified atom stereocenters. The van der Waals surface area contributed by atoms with E-state index in [0.29, 0.717) is 13.7 Å². The van der Waals surface area contributed by atoms with Gasteiger partial charge in [-0.2, -0.15) is 0 Å². The van der Waals surface area contributed by atoms with Crippen LogP contribution in [0.25, 0.3) is 0 Å². The fourth-order valence-electron chi connectivity index (χ4n) is 3.14. The predicted molar refractivity (Wildman–Crippen MR) is 112 cm³/mol. The number of hydrogen-bond acceptors (Lipinski definition) is 5. The van der Waals surface area contributed by atoms with Crippen LogP contribution in [0, 0.1) is 0 Å². The molecule has 0 radical (unpaired) electrons. The molecule has 0 saturated heterocycles. The zero-order chi connectivity index (χ0) is 18.3. The van der Waals surface area contributed by atoms with Crippen LogP contribution in [-0.4, -0.2) is 24.0 Å². The second-order valence-electron chi connectivity index (χ2n) is 7.21. The van der Waals surface area contributed by atoms with Gasteiger partial charge in [-0.05, 0) is 10.3 Å². The minimum Gasteiger partial charge on any atom is -0.407 e. The van der Waals surface area contributed by atoms with Crippen LogP contribution in [0.4, 0.5) is 11.6 Å². The van der Waals surface area contributed by atoms with Gasteiger partial charge in [0.15, 0.2) is 0 Å². The van der Waals surface area contributed by atoms with Gasteiger partial charge >= 0.3 is 0 Å². The van der Waals surface area contributed by atoms with E-state index in [0.717, 1.165) is 11.6 Å². The Hall–Kier alpha value is -1.13. The summed E-state index contributed by atoms with van der Waals surface area (Å²) in [5.41, 5.74) is 0. The molecule has 0 aliphatic heterocycles. The summed E-state index contributed by atoms with van der Waals surface area (Å²) in [6.45, 7) is 9.89. The molecular weight excluding hydrogens is 310 g/mol. The van der Waals surface area contributed by atoms with Crippen LogP contribution in [-0.2, 0) is 0 Å². The fraction of sp³-hybridized carbons (Fsp3) is 0.889. The topological polar surface area (TPSA) is 63.0 Å². The lowest BCUT2D eigenvalue weighted by Gasteiger charge is -2.17. The van der Waals surface area contributed by atoms with Crippen LogP contribution >= 0.6 is 0 Å². The number of nitrogens with zero attached hydrogens (tertiary/aromatic N) is 2. The minimum atomic E-state index is 0.456. The first-order chi connectivity index (χ1) is 12.2. The van der Waals surface area contributed by atoms with Gasteiger partial charge in [0.2, 0.25) is 11.6 Å². The van der Waals surface area contributed by atoms with E-state index in [1.807, 2.05) is 0 Å². The Labute approximate surface area is 155 Å². The van der Waals surface area contributed by atoms with E-state index in [1.165, 1.54) is 76.6 Å². The van der Waals surface area contributed by atoms with Gasteiger partial charge in [-0.1, -0.05) is 104 Å². The molecule has 0 spiro atoms. The summed E-state index contributed by atoms with van der Waals surface area (Å²) < 4.78 is 5.04. The molecule has 0 aliphatic rings. The first-order valence-electron chi connectivity index (χ1n) is 10.6. The first-order valence-corrected chi connectivity index (χ1v) is 10.6. The van der Waals surface area contributed by atoms with Crippen molar-refractivity contribution in [3.8, 4) is 0 Å². The lowest BCUT2D eigenvalue weighted by atomic mass is 9.54. The maximum Gasteiger partial charge on any atom is 0.253 e. The molecule has 0 amide bonds. The smallest absolute Gasteiger partial charge is 0.253 e. The second-order valence-corrected chi connectivity index (χ2v) is 7.21. The van der Waals surface area contributed by atoms with Crippen molar-refractivity contribution in [3.05, 3.63) is 0 Å². The molecule has 0 fully saturated rings. The van der Waals surface area contributed by atoms with Crippen LogP contribution in [0.2, 0.25) is 25.3 Å². The highest BCUT2D eigenvalue weighted by atomic mass is 16.6. The van der Waals surface area contributed by atoms with Gasteiger partial charge < -0.3 is 10.5 Å². The molecule has 0 atom stereocenters. The van der Waals surface area contributed by atoms with Crippen LogP contribution in [0.5, 0.6) is 0 Å². The van der Waals surface area contributed by atoms with E-state index < -0.39 is 0 Å². The summed E-state index contributed by atoms with van der Waals surface area (Å²) in [5, 5.41) is 15.4. The Morgan fingerprint density at radius 3 is 1.24 bits per heavy atom. The van der Waals surface area contributed by atoms with E-state index in [4.69, 9.17) is 4.63 Å². The monoisotopic (exact) mass is 348 g/mol. The predicted octanol–water partition coefficient (Wildman–Crippen LogP) is 6.08. The number of nitrogens with one attached hydrogen (secondary N) is 2. The summed E-state index contributed by atoms with van der Waals surface area (Å²) in [7, 11) is 0. The summed E-state index contributed by atoms with van der Waals surface area (Å²) in [6.07, 6.45) is 14.6. The van der Waals surface area contributed by atoms with Crippen molar-refractivity contribution in [2.75, 3.05) is 10.5 Å². The zero-order valence-corrected chi connectivity index (χ0v) is 16.9. The van der Waals surface area contributed by atoms with Gasteiger partial charge in [-0.3, -0.25) is 0 Å². The van der Waals surface area contributed by atoms with Crippen molar-refractivity contribution in [2.24, 2.45) is 0 Å². The lowest BCUT2D eigenvalue weighted by molar-refractivity contribution is 0.311. The molecule has 0 aliphatic carbocycles. The molecular formula is C18H38B2N4O. The van der Waals surface area contributed by atoms with Gasteiger partial charge in [-0.15, -0.1) is 0 Å². The number of rotatable bonds is 16. The van der Waals surface area contributed by atoms with Gasteiger partial charge in [-0.25, -0.2) is 4.63 Å². The zero-order valence-electron chi connectivity index (χ0n) is 16.9. The minimum absolute atomic E-state index is 0.456. The van der Waals surface area contributed by atoms with Crippen molar-refractivity contribution < 1.29 is 4.63 Å². The third-order valence-corrected chi connectivity index (χ3v) is 4.79. The number of hydrogen-bond donors (Lipinski definition) is 2. The molecule has 2 N–H and O–H groups in total. The molecule has 0 aromatic carbocycles. The summed E-state index contributed by atoms with van der Waals surface area (Å²) in [4.78, 5) is 0.